The van der Waals surface area contributed by atoms with E-state index >= 15 is 0 Å². The second kappa shape index (κ2) is 7.43. The summed E-state index contributed by atoms with van der Waals surface area (Å²) in [5.74, 6) is 1.37. The van der Waals surface area contributed by atoms with Gasteiger partial charge in [0, 0.05) is 36.8 Å². The van der Waals surface area contributed by atoms with Gasteiger partial charge in [0.1, 0.15) is 5.82 Å². The molecule has 2 N–H and O–H groups in total. The van der Waals surface area contributed by atoms with Crippen LogP contribution in [0.5, 0.6) is 0 Å². The van der Waals surface area contributed by atoms with Crippen molar-refractivity contribution in [2.24, 2.45) is 5.92 Å². The third-order valence-electron chi connectivity index (χ3n) is 5.05. The van der Waals surface area contributed by atoms with Gasteiger partial charge in [-0.15, -0.1) is 0 Å². The van der Waals surface area contributed by atoms with Gasteiger partial charge in [0.25, 0.3) is 0 Å². The van der Waals surface area contributed by atoms with E-state index in [1.807, 2.05) is 12.3 Å². The third-order valence-corrected chi connectivity index (χ3v) is 5.84. The SMILES string of the molecule is OCCC1CCCN(c2cc(-c3cn[nH]c3)c3ccc(Cl)c(Cl)c3n2)C1. The maximum Gasteiger partial charge on any atom is 0.129 e. The Morgan fingerprint density at radius 1 is 1.31 bits per heavy atom. The molecule has 1 saturated heterocycles. The molecule has 1 aromatic carbocycles. The van der Waals surface area contributed by atoms with Crippen molar-refractivity contribution in [3.8, 4) is 11.1 Å². The summed E-state index contributed by atoms with van der Waals surface area (Å²) in [6.45, 7) is 2.07. The van der Waals surface area contributed by atoms with Gasteiger partial charge in [-0.05, 0) is 42.9 Å². The number of fused-ring (bicyclic) bond motifs is 1. The maximum atomic E-state index is 9.28. The number of aliphatic hydroxyl groups excluding tert-OH is 1. The number of hydrogen-bond acceptors (Lipinski definition) is 4. The average molecular weight is 391 g/mol. The highest BCUT2D eigenvalue weighted by Gasteiger charge is 2.22. The standard InChI is InChI=1S/C19H20Cl2N4O/c20-16-4-3-14-15(13-9-22-23-10-13)8-17(24-19(14)18(16)21)25-6-1-2-12(11-25)5-7-26/h3-4,8-10,12,26H,1-2,5-7,11H2,(H,22,23). The summed E-state index contributed by atoms with van der Waals surface area (Å²) in [5, 5.41) is 18.1. The lowest BCUT2D eigenvalue weighted by molar-refractivity contribution is 0.244. The Hall–Kier alpha value is -1.82. The number of rotatable bonds is 4. The van der Waals surface area contributed by atoms with Gasteiger partial charge in [0.05, 0.1) is 21.8 Å². The van der Waals surface area contributed by atoms with Gasteiger partial charge in [0.2, 0.25) is 0 Å². The Labute approximate surface area is 161 Å². The van der Waals surface area contributed by atoms with Crippen molar-refractivity contribution in [3.05, 3.63) is 40.6 Å². The number of aromatic amines is 1. The third kappa shape index (κ3) is 3.27. The van der Waals surface area contributed by atoms with Crippen LogP contribution < -0.4 is 4.90 Å². The first-order valence-corrected chi connectivity index (χ1v) is 9.56. The van der Waals surface area contributed by atoms with E-state index in [2.05, 4.69) is 21.2 Å². The van der Waals surface area contributed by atoms with E-state index in [0.717, 1.165) is 54.7 Å². The van der Waals surface area contributed by atoms with Crippen LogP contribution in [0.1, 0.15) is 19.3 Å². The molecule has 1 fully saturated rings. The smallest absolute Gasteiger partial charge is 0.129 e. The van der Waals surface area contributed by atoms with E-state index in [1.54, 1.807) is 12.3 Å². The molecule has 4 rings (SSSR count). The zero-order valence-corrected chi connectivity index (χ0v) is 15.8. The highest BCUT2D eigenvalue weighted by molar-refractivity contribution is 6.45. The van der Waals surface area contributed by atoms with Crippen LogP contribution in [0.4, 0.5) is 5.82 Å². The van der Waals surface area contributed by atoms with Crippen molar-refractivity contribution in [2.45, 2.75) is 19.3 Å². The number of aliphatic hydroxyl groups is 1. The Kier molecular flexibility index (Phi) is 5.02. The Morgan fingerprint density at radius 2 is 2.19 bits per heavy atom. The molecular weight excluding hydrogens is 371 g/mol. The molecule has 7 heteroatoms. The van der Waals surface area contributed by atoms with Crippen LogP contribution in [0.3, 0.4) is 0 Å². The molecule has 3 heterocycles. The number of piperidine rings is 1. The van der Waals surface area contributed by atoms with Crippen LogP contribution in [0.15, 0.2) is 30.6 Å². The number of aromatic nitrogens is 3. The molecule has 0 spiro atoms. The molecule has 0 aliphatic carbocycles. The highest BCUT2D eigenvalue weighted by atomic mass is 35.5. The fourth-order valence-electron chi connectivity index (χ4n) is 3.71. The number of nitrogens with zero attached hydrogens (tertiary/aromatic N) is 3. The molecule has 0 saturated carbocycles. The summed E-state index contributed by atoms with van der Waals surface area (Å²) in [6, 6.07) is 5.85. The molecular formula is C19H20Cl2N4O. The molecule has 5 nitrogen and oxygen atoms in total. The summed E-state index contributed by atoms with van der Waals surface area (Å²) in [5.41, 5.74) is 2.72. The van der Waals surface area contributed by atoms with Crippen molar-refractivity contribution in [2.75, 3.05) is 24.6 Å². The van der Waals surface area contributed by atoms with Crippen LogP contribution in [0.25, 0.3) is 22.0 Å². The predicted molar refractivity (Wildman–Crippen MR) is 106 cm³/mol. The minimum absolute atomic E-state index is 0.228. The first-order chi connectivity index (χ1) is 12.7. The number of H-pyrrole nitrogens is 1. The minimum Gasteiger partial charge on any atom is -0.396 e. The first kappa shape index (κ1) is 17.6. The largest absolute Gasteiger partial charge is 0.396 e. The summed E-state index contributed by atoms with van der Waals surface area (Å²) >= 11 is 12.7. The molecule has 1 aliphatic heterocycles. The zero-order valence-electron chi connectivity index (χ0n) is 14.3. The maximum absolute atomic E-state index is 9.28. The molecule has 2 aromatic heterocycles. The Balaban J connectivity index is 1.84. The fourth-order valence-corrected chi connectivity index (χ4v) is 4.07. The van der Waals surface area contributed by atoms with Crippen molar-refractivity contribution >= 4 is 39.9 Å². The molecule has 0 bridgehead atoms. The van der Waals surface area contributed by atoms with E-state index in [1.165, 1.54) is 0 Å². The highest BCUT2D eigenvalue weighted by Crippen LogP contribution is 2.38. The van der Waals surface area contributed by atoms with Crippen LogP contribution in [0.2, 0.25) is 10.0 Å². The molecule has 0 radical (unpaired) electrons. The molecule has 1 atom stereocenters. The molecule has 136 valence electrons. The van der Waals surface area contributed by atoms with E-state index in [-0.39, 0.29) is 6.61 Å². The predicted octanol–water partition coefficient (Wildman–Crippen LogP) is 4.53. The number of anilines is 1. The average Bonchev–Trinajstić information content (AvgIpc) is 3.19. The number of pyridine rings is 1. The van der Waals surface area contributed by atoms with Gasteiger partial charge in [-0.2, -0.15) is 5.10 Å². The lowest BCUT2D eigenvalue weighted by atomic mass is 9.95. The zero-order chi connectivity index (χ0) is 18.1. The van der Waals surface area contributed by atoms with E-state index in [4.69, 9.17) is 28.2 Å². The molecule has 1 aliphatic rings. The lowest BCUT2D eigenvalue weighted by Gasteiger charge is -2.34. The molecule has 26 heavy (non-hydrogen) atoms. The van der Waals surface area contributed by atoms with Gasteiger partial charge in [-0.1, -0.05) is 29.3 Å². The lowest BCUT2D eigenvalue weighted by Crippen LogP contribution is -2.36. The quantitative estimate of drug-likeness (QED) is 0.686. The van der Waals surface area contributed by atoms with E-state index in [0.29, 0.717) is 21.5 Å². The number of halogens is 2. The van der Waals surface area contributed by atoms with Crippen LogP contribution in [0, 0.1) is 5.92 Å². The fraction of sp³-hybridized carbons (Fsp3) is 0.368. The molecule has 0 amide bonds. The number of hydrogen-bond donors (Lipinski definition) is 2. The molecule has 1 unspecified atom stereocenters. The van der Waals surface area contributed by atoms with Gasteiger partial charge in [-0.25, -0.2) is 4.98 Å². The van der Waals surface area contributed by atoms with Crippen molar-refractivity contribution < 1.29 is 5.11 Å². The second-order valence-electron chi connectivity index (χ2n) is 6.74. The summed E-state index contributed by atoms with van der Waals surface area (Å²) < 4.78 is 0. The minimum atomic E-state index is 0.228. The van der Waals surface area contributed by atoms with Gasteiger partial charge in [0.15, 0.2) is 0 Å². The van der Waals surface area contributed by atoms with Crippen LogP contribution in [-0.2, 0) is 0 Å². The summed E-state index contributed by atoms with van der Waals surface area (Å²) in [4.78, 5) is 7.12. The molecule has 3 aromatic rings. The van der Waals surface area contributed by atoms with Gasteiger partial charge in [-0.3, -0.25) is 5.10 Å². The normalized spacial score (nSPS) is 17.8. The van der Waals surface area contributed by atoms with Crippen LogP contribution in [-0.4, -0.2) is 40.0 Å². The van der Waals surface area contributed by atoms with Crippen LogP contribution >= 0.6 is 23.2 Å². The number of nitrogens with one attached hydrogen (secondary N) is 1. The Morgan fingerprint density at radius 3 is 2.96 bits per heavy atom. The van der Waals surface area contributed by atoms with E-state index in [9.17, 15) is 5.11 Å². The van der Waals surface area contributed by atoms with Crippen molar-refractivity contribution in [1.29, 1.82) is 0 Å². The van der Waals surface area contributed by atoms with Gasteiger partial charge < -0.3 is 10.0 Å². The van der Waals surface area contributed by atoms with Crippen molar-refractivity contribution in [1.82, 2.24) is 15.2 Å². The summed E-state index contributed by atoms with van der Waals surface area (Å²) in [7, 11) is 0. The topological polar surface area (TPSA) is 65.0 Å². The number of benzene rings is 1. The second-order valence-corrected chi connectivity index (χ2v) is 7.52. The first-order valence-electron chi connectivity index (χ1n) is 8.81. The summed E-state index contributed by atoms with van der Waals surface area (Å²) in [6.07, 6.45) is 6.73. The Bertz CT molecular complexity index is 912. The monoisotopic (exact) mass is 390 g/mol. The van der Waals surface area contributed by atoms with Gasteiger partial charge >= 0.3 is 0 Å². The van der Waals surface area contributed by atoms with Crippen molar-refractivity contribution in [3.63, 3.8) is 0 Å². The van der Waals surface area contributed by atoms with E-state index < -0.39 is 0 Å².